The number of aliphatic hydroxyl groups is 1. The lowest BCUT2D eigenvalue weighted by Gasteiger charge is -2.30. The van der Waals surface area contributed by atoms with E-state index in [0.717, 1.165) is 0 Å². The maximum atomic E-state index is 9.44. The third-order valence-corrected chi connectivity index (χ3v) is 2.05. The van der Waals surface area contributed by atoms with Crippen molar-refractivity contribution in [2.75, 3.05) is 0 Å². The molecule has 4 heteroatoms. The van der Waals surface area contributed by atoms with Gasteiger partial charge in [0.2, 0.25) is 0 Å². The van der Waals surface area contributed by atoms with Crippen molar-refractivity contribution in [3.63, 3.8) is 0 Å². The molecule has 0 radical (unpaired) electrons. The highest BCUT2D eigenvalue weighted by molar-refractivity contribution is 5.06. The minimum absolute atomic E-state index is 0.539. The Labute approximate surface area is 65.2 Å². The van der Waals surface area contributed by atoms with Crippen molar-refractivity contribution in [3.8, 4) is 0 Å². The summed E-state index contributed by atoms with van der Waals surface area (Å²) in [6.07, 6.45) is 4.50. The molecule has 4 nitrogen and oxygen atoms in total. The molecule has 0 amide bonds. The molecule has 60 valence electrons. The van der Waals surface area contributed by atoms with Crippen LogP contribution in [0.15, 0.2) is 17.3 Å². The Morgan fingerprint density at radius 2 is 2.45 bits per heavy atom. The maximum Gasteiger partial charge on any atom is 0.0755 e. The van der Waals surface area contributed by atoms with Gasteiger partial charge in [0, 0.05) is 4.91 Å². The average molecular weight is 153 g/mol. The minimum Gasteiger partial charge on any atom is -0.392 e. The van der Waals surface area contributed by atoms with Gasteiger partial charge in [0.15, 0.2) is 0 Å². The molecule has 0 saturated carbocycles. The molecule has 0 aromatic heterocycles. The van der Waals surface area contributed by atoms with E-state index in [1.165, 1.54) is 0 Å². The molecule has 0 aromatic carbocycles. The number of aliphatic hydroxyl groups excluding tert-OH is 1. The number of nitrogens with zero attached hydrogens (tertiary/aromatic N) is 3. The largest absolute Gasteiger partial charge is 0.392 e. The summed E-state index contributed by atoms with van der Waals surface area (Å²) in [5.41, 5.74) is 7.59. The molecule has 11 heavy (non-hydrogen) atoms. The van der Waals surface area contributed by atoms with E-state index >= 15 is 0 Å². The summed E-state index contributed by atoms with van der Waals surface area (Å²) in [6.45, 7) is 1.76. The first-order chi connectivity index (χ1) is 5.19. The topological polar surface area (TPSA) is 69.0 Å². The summed E-state index contributed by atoms with van der Waals surface area (Å²) in [6, 6.07) is 0. The molecule has 2 atom stereocenters. The molecule has 1 aliphatic carbocycles. The highest BCUT2D eigenvalue weighted by Gasteiger charge is 2.31. The Kier molecular flexibility index (Phi) is 2.17. The monoisotopic (exact) mass is 153 g/mol. The van der Waals surface area contributed by atoms with E-state index in [9.17, 15) is 5.11 Å². The maximum absolute atomic E-state index is 9.44. The Hall–Kier alpha value is -0.990. The van der Waals surface area contributed by atoms with Gasteiger partial charge in [-0.25, -0.2) is 0 Å². The van der Waals surface area contributed by atoms with Crippen molar-refractivity contribution < 1.29 is 5.11 Å². The van der Waals surface area contributed by atoms with Crippen molar-refractivity contribution in [1.82, 2.24) is 0 Å². The SMILES string of the molecule is CC1(N=[N+]=[N-])CC=CCC1O. The molecular weight excluding hydrogens is 142 g/mol. The fraction of sp³-hybridized carbons (Fsp3) is 0.714. The normalized spacial score (nSPS) is 36.4. The number of hydrogen-bond acceptors (Lipinski definition) is 2. The Balaban J connectivity index is 2.83. The van der Waals surface area contributed by atoms with E-state index in [1.54, 1.807) is 6.92 Å². The van der Waals surface area contributed by atoms with E-state index in [1.807, 2.05) is 12.2 Å². The summed E-state index contributed by atoms with van der Waals surface area (Å²) in [5, 5.41) is 13.0. The van der Waals surface area contributed by atoms with E-state index in [0.29, 0.717) is 12.8 Å². The van der Waals surface area contributed by atoms with E-state index in [4.69, 9.17) is 5.53 Å². The molecule has 0 saturated heterocycles. The van der Waals surface area contributed by atoms with Crippen molar-refractivity contribution in [2.24, 2.45) is 5.11 Å². The predicted molar refractivity (Wildman–Crippen MR) is 41.9 cm³/mol. The molecule has 0 aromatic rings. The van der Waals surface area contributed by atoms with Crippen LogP contribution in [0, 0.1) is 0 Å². The van der Waals surface area contributed by atoms with E-state index in [-0.39, 0.29) is 0 Å². The van der Waals surface area contributed by atoms with Crippen molar-refractivity contribution >= 4 is 0 Å². The molecule has 0 spiro atoms. The molecule has 1 aliphatic rings. The van der Waals surface area contributed by atoms with Gasteiger partial charge < -0.3 is 5.11 Å². The van der Waals surface area contributed by atoms with E-state index < -0.39 is 11.6 Å². The number of rotatable bonds is 1. The molecule has 0 heterocycles. The third kappa shape index (κ3) is 1.53. The molecule has 2 unspecified atom stereocenters. The van der Waals surface area contributed by atoms with Gasteiger partial charge in [-0.15, -0.1) is 0 Å². The minimum atomic E-state index is -0.635. The van der Waals surface area contributed by atoms with Gasteiger partial charge in [-0.2, -0.15) is 0 Å². The van der Waals surface area contributed by atoms with Crippen LogP contribution in [0.25, 0.3) is 10.4 Å². The van der Waals surface area contributed by atoms with Gasteiger partial charge in [0.25, 0.3) is 0 Å². The van der Waals surface area contributed by atoms with Crippen LogP contribution in [0.4, 0.5) is 0 Å². The van der Waals surface area contributed by atoms with Crippen molar-refractivity contribution in [3.05, 3.63) is 22.6 Å². The van der Waals surface area contributed by atoms with Crippen molar-refractivity contribution in [2.45, 2.75) is 31.4 Å². The summed E-state index contributed by atoms with van der Waals surface area (Å²) in [5.74, 6) is 0. The Bertz CT molecular complexity index is 220. The summed E-state index contributed by atoms with van der Waals surface area (Å²) in [7, 11) is 0. The van der Waals surface area contributed by atoms with Crippen LogP contribution in [0.1, 0.15) is 19.8 Å². The zero-order valence-electron chi connectivity index (χ0n) is 6.44. The van der Waals surface area contributed by atoms with Gasteiger partial charge in [-0.3, -0.25) is 0 Å². The second-order valence-corrected chi connectivity index (χ2v) is 2.97. The van der Waals surface area contributed by atoms with Crippen LogP contribution in [0.3, 0.4) is 0 Å². The zero-order valence-corrected chi connectivity index (χ0v) is 6.44. The van der Waals surface area contributed by atoms with Gasteiger partial charge >= 0.3 is 0 Å². The third-order valence-electron chi connectivity index (χ3n) is 2.05. The van der Waals surface area contributed by atoms with E-state index in [2.05, 4.69) is 10.0 Å². The molecule has 0 aliphatic heterocycles. The Morgan fingerprint density at radius 1 is 1.73 bits per heavy atom. The fourth-order valence-corrected chi connectivity index (χ4v) is 1.15. The molecule has 1 rings (SSSR count). The number of azide groups is 1. The van der Waals surface area contributed by atoms with Gasteiger partial charge in [0.05, 0.1) is 11.6 Å². The smallest absolute Gasteiger partial charge is 0.0755 e. The first-order valence-electron chi connectivity index (χ1n) is 3.58. The van der Waals surface area contributed by atoms with Crippen LogP contribution in [-0.2, 0) is 0 Å². The van der Waals surface area contributed by atoms with Crippen molar-refractivity contribution in [1.29, 1.82) is 0 Å². The standard InChI is InChI=1S/C7H11N3O/c1-7(9-10-8)5-3-2-4-6(7)11/h2-3,6,11H,4-5H2,1H3. The van der Waals surface area contributed by atoms with Crippen LogP contribution >= 0.6 is 0 Å². The Morgan fingerprint density at radius 3 is 3.00 bits per heavy atom. The van der Waals surface area contributed by atoms with Crippen LogP contribution < -0.4 is 0 Å². The lowest BCUT2D eigenvalue weighted by Crippen LogP contribution is -2.37. The van der Waals surface area contributed by atoms with Crippen LogP contribution in [0.5, 0.6) is 0 Å². The zero-order chi connectivity index (χ0) is 8.32. The lowest BCUT2D eigenvalue weighted by molar-refractivity contribution is 0.0927. The molecular formula is C7H11N3O. The van der Waals surface area contributed by atoms with Gasteiger partial charge in [-0.1, -0.05) is 24.2 Å². The lowest BCUT2D eigenvalue weighted by atomic mass is 9.86. The first-order valence-corrected chi connectivity index (χ1v) is 3.58. The molecule has 0 fully saturated rings. The van der Waals surface area contributed by atoms with Gasteiger partial charge in [0.1, 0.15) is 0 Å². The number of hydrogen-bond donors (Lipinski definition) is 1. The predicted octanol–water partition coefficient (Wildman–Crippen LogP) is 1.77. The summed E-state index contributed by atoms with van der Waals surface area (Å²) in [4.78, 5) is 2.71. The van der Waals surface area contributed by atoms with Gasteiger partial charge in [-0.05, 0) is 18.4 Å². The molecule has 0 bridgehead atoms. The van der Waals surface area contributed by atoms with Crippen LogP contribution in [0.2, 0.25) is 0 Å². The highest BCUT2D eigenvalue weighted by Crippen LogP contribution is 2.27. The second kappa shape index (κ2) is 2.95. The molecule has 1 N–H and O–H groups in total. The first kappa shape index (κ1) is 8.11. The average Bonchev–Trinajstić information content (AvgIpc) is 1.96. The fourth-order valence-electron chi connectivity index (χ4n) is 1.15. The van der Waals surface area contributed by atoms with Crippen LogP contribution in [-0.4, -0.2) is 16.7 Å². The highest BCUT2D eigenvalue weighted by atomic mass is 16.3. The quantitative estimate of drug-likeness (QED) is 0.265. The second-order valence-electron chi connectivity index (χ2n) is 2.97. The summed E-state index contributed by atoms with van der Waals surface area (Å²) >= 11 is 0. The summed E-state index contributed by atoms with van der Waals surface area (Å²) < 4.78 is 0.